The molecule has 0 radical (unpaired) electrons. The van der Waals surface area contributed by atoms with E-state index >= 15 is 0 Å². The molecule has 1 N–H and O–H groups in total. The molecule has 1 aromatic heterocycles. The van der Waals surface area contributed by atoms with Gasteiger partial charge in [-0.1, -0.05) is 18.2 Å². The number of aryl methyl sites for hydroxylation is 2. The maximum atomic E-state index is 8.71. The lowest BCUT2D eigenvalue weighted by molar-refractivity contribution is 0.283. The van der Waals surface area contributed by atoms with E-state index in [1.54, 1.807) is 0 Å². The molecule has 16 heavy (non-hydrogen) atoms. The summed E-state index contributed by atoms with van der Waals surface area (Å²) in [5, 5.41) is 16.7. The number of hydrogen-bond acceptors (Lipinski definition) is 4. The Morgan fingerprint density at radius 3 is 2.81 bits per heavy atom. The van der Waals surface area contributed by atoms with Crippen LogP contribution < -0.4 is 0 Å². The van der Waals surface area contributed by atoms with Gasteiger partial charge in [-0.25, -0.2) is 0 Å². The molecule has 1 aromatic carbocycles. The summed E-state index contributed by atoms with van der Waals surface area (Å²) in [6, 6.07) is 7.88. The molecule has 0 atom stereocenters. The molecule has 0 aliphatic rings. The molecule has 0 fully saturated rings. The van der Waals surface area contributed by atoms with Gasteiger partial charge >= 0.3 is 0 Å². The molecule has 0 saturated heterocycles. The third kappa shape index (κ3) is 2.28. The largest absolute Gasteiger partial charge is 0.421 e. The number of hydrogen-bond donors (Lipinski definition) is 1. The predicted molar refractivity (Wildman–Crippen MR) is 59.9 cm³/mol. The van der Waals surface area contributed by atoms with Crippen LogP contribution in [-0.2, 0) is 6.42 Å². The van der Waals surface area contributed by atoms with Crippen molar-refractivity contribution in [3.8, 4) is 11.5 Å². The third-order valence-electron chi connectivity index (χ3n) is 2.39. The molecule has 1 heterocycles. The van der Waals surface area contributed by atoms with Crippen LogP contribution in [-0.4, -0.2) is 21.9 Å². The van der Waals surface area contributed by atoms with E-state index in [4.69, 9.17) is 9.52 Å². The molecule has 0 unspecified atom stereocenters. The van der Waals surface area contributed by atoms with Crippen molar-refractivity contribution in [1.82, 2.24) is 10.2 Å². The fourth-order valence-corrected chi connectivity index (χ4v) is 1.51. The molecule has 0 aliphatic carbocycles. The van der Waals surface area contributed by atoms with Crippen molar-refractivity contribution in [2.75, 3.05) is 6.61 Å². The SMILES string of the molecule is Cc1ccccc1-c1nnc(CCCO)o1. The first-order valence-electron chi connectivity index (χ1n) is 5.30. The highest BCUT2D eigenvalue weighted by Gasteiger charge is 2.09. The lowest BCUT2D eigenvalue weighted by atomic mass is 10.1. The Balaban J connectivity index is 2.22. The highest BCUT2D eigenvalue weighted by atomic mass is 16.4. The van der Waals surface area contributed by atoms with Crippen LogP contribution >= 0.6 is 0 Å². The van der Waals surface area contributed by atoms with Crippen LogP contribution in [0.1, 0.15) is 17.9 Å². The van der Waals surface area contributed by atoms with Crippen LogP contribution in [0.4, 0.5) is 0 Å². The van der Waals surface area contributed by atoms with Gasteiger partial charge in [0.1, 0.15) is 0 Å². The van der Waals surface area contributed by atoms with Crippen molar-refractivity contribution in [3.63, 3.8) is 0 Å². The molecule has 0 amide bonds. The van der Waals surface area contributed by atoms with E-state index in [1.165, 1.54) is 0 Å². The number of nitrogens with zero attached hydrogens (tertiary/aromatic N) is 2. The summed E-state index contributed by atoms with van der Waals surface area (Å²) in [7, 11) is 0. The van der Waals surface area contributed by atoms with Crippen LogP contribution in [0.25, 0.3) is 11.5 Å². The Hall–Kier alpha value is -1.68. The van der Waals surface area contributed by atoms with Crippen LogP contribution in [0.15, 0.2) is 28.7 Å². The zero-order chi connectivity index (χ0) is 11.4. The number of aliphatic hydroxyl groups is 1. The molecule has 4 heteroatoms. The topological polar surface area (TPSA) is 59.2 Å². The van der Waals surface area contributed by atoms with Crippen LogP contribution in [0.5, 0.6) is 0 Å². The lowest BCUT2D eigenvalue weighted by Gasteiger charge is -1.98. The predicted octanol–water partition coefficient (Wildman–Crippen LogP) is 1.97. The van der Waals surface area contributed by atoms with Crippen LogP contribution in [0.2, 0.25) is 0 Å². The average Bonchev–Trinajstić information content (AvgIpc) is 2.75. The third-order valence-corrected chi connectivity index (χ3v) is 2.39. The van der Waals surface area contributed by atoms with Crippen molar-refractivity contribution in [1.29, 1.82) is 0 Å². The summed E-state index contributed by atoms with van der Waals surface area (Å²) in [4.78, 5) is 0. The highest BCUT2D eigenvalue weighted by Crippen LogP contribution is 2.21. The van der Waals surface area contributed by atoms with Gasteiger partial charge in [0.05, 0.1) is 0 Å². The van der Waals surface area contributed by atoms with Crippen molar-refractivity contribution >= 4 is 0 Å². The van der Waals surface area contributed by atoms with Gasteiger partial charge in [-0.2, -0.15) is 0 Å². The summed E-state index contributed by atoms with van der Waals surface area (Å²) < 4.78 is 5.52. The maximum Gasteiger partial charge on any atom is 0.247 e. The normalized spacial score (nSPS) is 10.6. The number of benzene rings is 1. The van der Waals surface area contributed by atoms with Crippen LogP contribution in [0.3, 0.4) is 0 Å². The van der Waals surface area contributed by atoms with Gasteiger partial charge in [-0.05, 0) is 25.0 Å². The van der Waals surface area contributed by atoms with Crippen molar-refractivity contribution in [3.05, 3.63) is 35.7 Å². The first-order valence-corrected chi connectivity index (χ1v) is 5.30. The minimum Gasteiger partial charge on any atom is -0.421 e. The minimum atomic E-state index is 0.141. The molecular formula is C12H14N2O2. The summed E-state index contributed by atoms with van der Waals surface area (Å²) in [5.41, 5.74) is 2.07. The summed E-state index contributed by atoms with van der Waals surface area (Å²) >= 11 is 0. The van der Waals surface area contributed by atoms with Gasteiger partial charge in [0.25, 0.3) is 0 Å². The van der Waals surface area contributed by atoms with Gasteiger partial charge in [0.15, 0.2) is 0 Å². The van der Waals surface area contributed by atoms with Gasteiger partial charge in [0, 0.05) is 18.6 Å². The van der Waals surface area contributed by atoms with E-state index < -0.39 is 0 Å². The Morgan fingerprint density at radius 2 is 2.06 bits per heavy atom. The molecule has 2 rings (SSSR count). The molecular weight excluding hydrogens is 204 g/mol. The first kappa shape index (κ1) is 10.8. The van der Waals surface area contributed by atoms with Crippen LogP contribution in [0, 0.1) is 6.92 Å². The fraction of sp³-hybridized carbons (Fsp3) is 0.333. The number of aromatic nitrogens is 2. The molecule has 0 aliphatic heterocycles. The second-order valence-electron chi connectivity index (χ2n) is 3.64. The minimum absolute atomic E-state index is 0.141. The first-order chi connectivity index (χ1) is 7.81. The summed E-state index contributed by atoms with van der Waals surface area (Å²) in [6.45, 7) is 2.15. The molecule has 2 aromatic rings. The van der Waals surface area contributed by atoms with E-state index in [1.807, 2.05) is 31.2 Å². The second kappa shape index (κ2) is 4.90. The molecule has 0 spiro atoms. The standard InChI is InChI=1S/C12H14N2O2/c1-9-5-2-3-6-10(9)12-14-13-11(16-12)7-4-8-15/h2-3,5-6,15H,4,7-8H2,1H3. The summed E-state index contributed by atoms with van der Waals surface area (Å²) in [5.74, 6) is 1.12. The highest BCUT2D eigenvalue weighted by molar-refractivity contribution is 5.57. The van der Waals surface area contributed by atoms with Gasteiger partial charge in [0.2, 0.25) is 11.8 Å². The van der Waals surface area contributed by atoms with Gasteiger partial charge in [-0.3, -0.25) is 0 Å². The Kier molecular flexibility index (Phi) is 3.31. The molecule has 0 saturated carbocycles. The van der Waals surface area contributed by atoms with Crippen molar-refractivity contribution in [2.24, 2.45) is 0 Å². The van der Waals surface area contributed by atoms with Gasteiger partial charge < -0.3 is 9.52 Å². The smallest absolute Gasteiger partial charge is 0.247 e. The van der Waals surface area contributed by atoms with E-state index in [0.29, 0.717) is 24.6 Å². The molecule has 84 valence electrons. The summed E-state index contributed by atoms with van der Waals surface area (Å²) in [6.07, 6.45) is 1.27. The van der Waals surface area contributed by atoms with E-state index in [9.17, 15) is 0 Å². The molecule has 0 bridgehead atoms. The Morgan fingerprint density at radius 1 is 1.25 bits per heavy atom. The van der Waals surface area contributed by atoms with E-state index in [0.717, 1.165) is 11.1 Å². The number of aliphatic hydroxyl groups excluding tert-OH is 1. The fourth-order valence-electron chi connectivity index (χ4n) is 1.51. The zero-order valence-electron chi connectivity index (χ0n) is 9.18. The quantitative estimate of drug-likeness (QED) is 0.852. The Bertz CT molecular complexity index is 466. The van der Waals surface area contributed by atoms with Gasteiger partial charge in [-0.15, -0.1) is 10.2 Å². The molecule has 4 nitrogen and oxygen atoms in total. The van der Waals surface area contributed by atoms with E-state index in [2.05, 4.69) is 10.2 Å². The Labute approximate surface area is 93.9 Å². The maximum absolute atomic E-state index is 8.71. The average molecular weight is 218 g/mol. The van der Waals surface area contributed by atoms with E-state index in [-0.39, 0.29) is 6.61 Å². The van der Waals surface area contributed by atoms with Crippen molar-refractivity contribution in [2.45, 2.75) is 19.8 Å². The zero-order valence-corrected chi connectivity index (χ0v) is 9.18. The lowest BCUT2D eigenvalue weighted by Crippen LogP contribution is -1.88. The second-order valence-corrected chi connectivity index (χ2v) is 3.64. The number of rotatable bonds is 4. The van der Waals surface area contributed by atoms with Crippen molar-refractivity contribution < 1.29 is 9.52 Å². The monoisotopic (exact) mass is 218 g/mol.